The average molecular weight is 445 g/mol. The molecule has 1 amide bonds. The molecule has 0 aliphatic rings. The van der Waals surface area contributed by atoms with Gasteiger partial charge in [-0.25, -0.2) is 4.39 Å². The smallest absolute Gasteiger partial charge is 0.265 e. The van der Waals surface area contributed by atoms with Gasteiger partial charge < -0.3 is 14.5 Å². The van der Waals surface area contributed by atoms with Gasteiger partial charge >= 0.3 is 0 Å². The Hall–Kier alpha value is -3.93. The average Bonchev–Trinajstić information content (AvgIpc) is 3.19. The van der Waals surface area contributed by atoms with Crippen LogP contribution in [0.2, 0.25) is 0 Å². The molecule has 3 aromatic carbocycles. The Kier molecular flexibility index (Phi) is 6.27. The molecule has 1 N–H and O–H groups in total. The first-order valence-electron chi connectivity index (χ1n) is 10.8. The first-order chi connectivity index (χ1) is 15.9. The molecule has 4 aromatic rings. The summed E-state index contributed by atoms with van der Waals surface area (Å²) in [5.74, 6) is -0.946. The molecule has 5 nitrogen and oxygen atoms in total. The Morgan fingerprint density at radius 3 is 2.48 bits per heavy atom. The lowest BCUT2D eigenvalue weighted by Gasteiger charge is -2.15. The summed E-state index contributed by atoms with van der Waals surface area (Å²) in [5.41, 5.74) is 2.40. The summed E-state index contributed by atoms with van der Waals surface area (Å²) >= 11 is 0. The van der Waals surface area contributed by atoms with Gasteiger partial charge in [-0.2, -0.15) is 0 Å². The highest BCUT2D eigenvalue weighted by Gasteiger charge is 2.26. The fraction of sp³-hybridized carbons (Fsp3) is 0.185. The summed E-state index contributed by atoms with van der Waals surface area (Å²) in [5, 5.41) is 3.35. The number of ketones is 1. The van der Waals surface area contributed by atoms with Crippen molar-refractivity contribution in [2.75, 3.05) is 5.32 Å². The maximum Gasteiger partial charge on any atom is 0.265 e. The van der Waals surface area contributed by atoms with E-state index in [1.165, 1.54) is 23.8 Å². The van der Waals surface area contributed by atoms with E-state index in [0.717, 1.165) is 6.42 Å². The molecule has 0 saturated heterocycles. The molecule has 1 atom stereocenters. The second kappa shape index (κ2) is 9.28. The van der Waals surface area contributed by atoms with Gasteiger partial charge in [0.25, 0.3) is 5.91 Å². The number of benzene rings is 3. The SMILES string of the molecule is CCc1ccc(OC(C)C(=O)Nc2c(C(=O)c3ccc(C)c(F)c3)oc3ccccc23)cc1. The van der Waals surface area contributed by atoms with E-state index < -0.39 is 23.6 Å². The molecule has 33 heavy (non-hydrogen) atoms. The Bertz CT molecular complexity index is 1320. The van der Waals surface area contributed by atoms with Crippen molar-refractivity contribution >= 4 is 28.3 Å². The van der Waals surface area contributed by atoms with Gasteiger partial charge in [0.1, 0.15) is 17.1 Å². The molecule has 6 heteroatoms. The van der Waals surface area contributed by atoms with Crippen molar-refractivity contribution < 1.29 is 23.1 Å². The van der Waals surface area contributed by atoms with Crippen LogP contribution >= 0.6 is 0 Å². The van der Waals surface area contributed by atoms with Crippen LogP contribution in [0.25, 0.3) is 11.0 Å². The van der Waals surface area contributed by atoms with Crippen LogP contribution in [0, 0.1) is 12.7 Å². The van der Waals surface area contributed by atoms with E-state index in [1.54, 1.807) is 38.1 Å². The standard InChI is InChI=1S/C27H24FNO4/c1-4-18-10-13-20(14-11-18)32-17(3)27(31)29-24-21-7-5-6-8-23(21)33-26(24)25(30)19-12-9-16(2)22(28)15-19/h5-15,17H,4H2,1-3H3,(H,29,31). The lowest BCUT2D eigenvalue weighted by atomic mass is 10.0. The van der Waals surface area contributed by atoms with Gasteiger partial charge in [0.2, 0.25) is 5.78 Å². The fourth-order valence-electron chi connectivity index (χ4n) is 3.48. The van der Waals surface area contributed by atoms with Crippen molar-refractivity contribution in [3.8, 4) is 5.75 Å². The summed E-state index contributed by atoms with van der Waals surface area (Å²) in [6, 6.07) is 18.8. The number of aryl methyl sites for hydroxylation is 2. The van der Waals surface area contributed by atoms with Crippen molar-refractivity contribution in [3.63, 3.8) is 0 Å². The number of nitrogens with one attached hydrogen (secondary N) is 1. The van der Waals surface area contributed by atoms with Gasteiger partial charge in [0.15, 0.2) is 11.9 Å². The van der Waals surface area contributed by atoms with E-state index in [9.17, 15) is 14.0 Å². The summed E-state index contributed by atoms with van der Waals surface area (Å²) in [6.07, 6.45) is 0.0804. The normalized spacial score (nSPS) is 11.9. The number of rotatable bonds is 7. The second-order valence-electron chi connectivity index (χ2n) is 7.84. The molecule has 1 aromatic heterocycles. The van der Waals surface area contributed by atoms with Gasteiger partial charge in [-0.3, -0.25) is 9.59 Å². The minimum absolute atomic E-state index is 0.0627. The Labute approximate surface area is 191 Å². The monoisotopic (exact) mass is 445 g/mol. The van der Waals surface area contributed by atoms with Gasteiger partial charge in [-0.05, 0) is 61.7 Å². The number of carbonyl (C=O) groups is 2. The number of fused-ring (bicyclic) bond motifs is 1. The zero-order chi connectivity index (χ0) is 23.5. The number of furan rings is 1. The molecular formula is C27H24FNO4. The molecule has 0 radical (unpaired) electrons. The van der Waals surface area contributed by atoms with Crippen LogP contribution in [-0.4, -0.2) is 17.8 Å². The number of hydrogen-bond donors (Lipinski definition) is 1. The third kappa shape index (κ3) is 4.65. The van der Waals surface area contributed by atoms with Crippen LogP contribution in [0.15, 0.2) is 71.1 Å². The Morgan fingerprint density at radius 1 is 1.06 bits per heavy atom. The summed E-state index contributed by atoms with van der Waals surface area (Å²) in [6.45, 7) is 5.31. The fourth-order valence-corrected chi connectivity index (χ4v) is 3.48. The van der Waals surface area contributed by atoms with Crippen LogP contribution in [0.5, 0.6) is 5.75 Å². The highest BCUT2D eigenvalue weighted by molar-refractivity contribution is 6.17. The molecule has 1 heterocycles. The van der Waals surface area contributed by atoms with Crippen molar-refractivity contribution in [1.82, 2.24) is 0 Å². The summed E-state index contributed by atoms with van der Waals surface area (Å²) in [4.78, 5) is 26.1. The molecule has 0 aliphatic carbocycles. The number of carbonyl (C=O) groups excluding carboxylic acids is 2. The molecule has 0 fully saturated rings. The number of anilines is 1. The Morgan fingerprint density at radius 2 is 1.79 bits per heavy atom. The largest absolute Gasteiger partial charge is 0.481 e. The van der Waals surface area contributed by atoms with Crippen LogP contribution in [0.3, 0.4) is 0 Å². The van der Waals surface area contributed by atoms with Crippen LogP contribution in [0.1, 0.15) is 41.1 Å². The topological polar surface area (TPSA) is 68.5 Å². The number of halogens is 1. The van der Waals surface area contributed by atoms with E-state index in [0.29, 0.717) is 22.3 Å². The van der Waals surface area contributed by atoms with Crippen LogP contribution in [0.4, 0.5) is 10.1 Å². The van der Waals surface area contributed by atoms with Gasteiger partial charge in [-0.15, -0.1) is 0 Å². The molecule has 168 valence electrons. The third-order valence-corrected chi connectivity index (χ3v) is 5.50. The molecule has 4 rings (SSSR count). The van der Waals surface area contributed by atoms with E-state index in [2.05, 4.69) is 12.2 Å². The van der Waals surface area contributed by atoms with Crippen LogP contribution in [-0.2, 0) is 11.2 Å². The zero-order valence-electron chi connectivity index (χ0n) is 18.6. The predicted octanol–water partition coefficient (Wildman–Crippen LogP) is 6.08. The van der Waals surface area contributed by atoms with Crippen LogP contribution < -0.4 is 10.1 Å². The highest BCUT2D eigenvalue weighted by Crippen LogP contribution is 2.33. The van der Waals surface area contributed by atoms with Crippen molar-refractivity contribution in [1.29, 1.82) is 0 Å². The summed E-state index contributed by atoms with van der Waals surface area (Å²) < 4.78 is 25.6. The van der Waals surface area contributed by atoms with Crippen molar-refractivity contribution in [2.45, 2.75) is 33.3 Å². The molecule has 0 spiro atoms. The first-order valence-corrected chi connectivity index (χ1v) is 10.8. The van der Waals surface area contributed by atoms with Crippen molar-refractivity contribution in [3.05, 3.63) is 95.0 Å². The molecule has 1 unspecified atom stereocenters. The van der Waals surface area contributed by atoms with E-state index >= 15 is 0 Å². The number of ether oxygens (including phenoxy) is 1. The zero-order valence-corrected chi connectivity index (χ0v) is 18.6. The maximum atomic E-state index is 14.1. The maximum absolute atomic E-state index is 14.1. The van der Waals surface area contributed by atoms with Crippen molar-refractivity contribution in [2.24, 2.45) is 0 Å². The highest BCUT2D eigenvalue weighted by atomic mass is 19.1. The van der Waals surface area contributed by atoms with Gasteiger partial charge in [0, 0.05) is 10.9 Å². The van der Waals surface area contributed by atoms with E-state index in [1.807, 2.05) is 24.3 Å². The van der Waals surface area contributed by atoms with Gasteiger partial charge in [0.05, 0.1) is 5.69 Å². The molecule has 0 saturated carbocycles. The molecular weight excluding hydrogens is 421 g/mol. The van der Waals surface area contributed by atoms with E-state index in [4.69, 9.17) is 9.15 Å². The molecule has 0 aliphatic heterocycles. The lowest BCUT2D eigenvalue weighted by molar-refractivity contribution is -0.122. The minimum Gasteiger partial charge on any atom is -0.481 e. The lowest BCUT2D eigenvalue weighted by Crippen LogP contribution is -2.30. The second-order valence-corrected chi connectivity index (χ2v) is 7.84. The quantitative estimate of drug-likeness (QED) is 0.350. The summed E-state index contributed by atoms with van der Waals surface area (Å²) in [7, 11) is 0. The third-order valence-electron chi connectivity index (χ3n) is 5.50. The first kappa shape index (κ1) is 22.3. The number of para-hydroxylation sites is 1. The number of hydrogen-bond acceptors (Lipinski definition) is 4. The predicted molar refractivity (Wildman–Crippen MR) is 125 cm³/mol. The van der Waals surface area contributed by atoms with Gasteiger partial charge in [-0.1, -0.05) is 43.3 Å². The Balaban J connectivity index is 1.62. The number of amides is 1. The minimum atomic E-state index is -0.828. The van der Waals surface area contributed by atoms with E-state index in [-0.39, 0.29) is 17.0 Å². The molecule has 0 bridgehead atoms.